The minimum Gasteiger partial charge on any atom is -0.384 e. The van der Waals surface area contributed by atoms with Crippen molar-refractivity contribution in [1.82, 2.24) is 4.98 Å². The molecule has 0 bridgehead atoms. The molecular formula is C14H11ClN2O3S. The van der Waals surface area contributed by atoms with E-state index >= 15 is 0 Å². The quantitative estimate of drug-likeness (QED) is 0.846. The predicted octanol–water partition coefficient (Wildman–Crippen LogP) is 1.88. The van der Waals surface area contributed by atoms with Crippen LogP contribution >= 0.6 is 11.6 Å². The van der Waals surface area contributed by atoms with Gasteiger partial charge in [0.1, 0.15) is 11.5 Å². The molecule has 0 saturated carbocycles. The summed E-state index contributed by atoms with van der Waals surface area (Å²) in [7, 11) is -3.79. The highest BCUT2D eigenvalue weighted by Gasteiger charge is 2.18. The first-order chi connectivity index (χ1) is 10.0. The smallest absolute Gasteiger partial charge is 0.263 e. The summed E-state index contributed by atoms with van der Waals surface area (Å²) in [6, 6.07) is 7.40. The van der Waals surface area contributed by atoms with Crippen LogP contribution in [-0.2, 0) is 10.0 Å². The second kappa shape index (κ2) is 6.59. The molecule has 0 saturated heterocycles. The third kappa shape index (κ3) is 3.95. The Balaban J connectivity index is 2.32. The molecule has 2 N–H and O–H groups in total. The van der Waals surface area contributed by atoms with E-state index in [0.717, 1.165) is 0 Å². The van der Waals surface area contributed by atoms with Crippen LogP contribution in [0.2, 0.25) is 5.02 Å². The van der Waals surface area contributed by atoms with Gasteiger partial charge in [-0.05, 0) is 30.3 Å². The number of anilines is 1. The summed E-state index contributed by atoms with van der Waals surface area (Å²) < 4.78 is 26.9. The SMILES string of the molecule is O=S(=O)(Nc1ccncc1)c1ccc(C#CCO)cc1Cl. The van der Waals surface area contributed by atoms with Crippen molar-refractivity contribution in [2.24, 2.45) is 0 Å². The molecule has 0 unspecified atom stereocenters. The van der Waals surface area contributed by atoms with Crippen LogP contribution in [0.1, 0.15) is 5.56 Å². The number of rotatable bonds is 3. The van der Waals surface area contributed by atoms with Crippen LogP contribution in [0.15, 0.2) is 47.6 Å². The summed E-state index contributed by atoms with van der Waals surface area (Å²) in [5, 5.41) is 8.68. The molecule has 1 aromatic carbocycles. The van der Waals surface area contributed by atoms with Crippen molar-refractivity contribution in [2.75, 3.05) is 11.3 Å². The van der Waals surface area contributed by atoms with Gasteiger partial charge in [-0.3, -0.25) is 9.71 Å². The molecule has 108 valence electrons. The third-order valence-electron chi connectivity index (χ3n) is 2.47. The highest BCUT2D eigenvalue weighted by Crippen LogP contribution is 2.24. The van der Waals surface area contributed by atoms with Crippen LogP contribution in [-0.4, -0.2) is 25.1 Å². The maximum Gasteiger partial charge on any atom is 0.263 e. The third-order valence-corrected chi connectivity index (χ3v) is 4.33. The Kier molecular flexibility index (Phi) is 4.81. The number of sulfonamides is 1. The Bertz CT molecular complexity index is 796. The van der Waals surface area contributed by atoms with E-state index in [4.69, 9.17) is 16.7 Å². The van der Waals surface area contributed by atoms with Gasteiger partial charge in [0, 0.05) is 18.0 Å². The minimum atomic E-state index is -3.79. The number of aliphatic hydroxyl groups is 1. The van der Waals surface area contributed by atoms with E-state index in [0.29, 0.717) is 11.3 Å². The maximum atomic E-state index is 12.3. The first-order valence-electron chi connectivity index (χ1n) is 5.85. The highest BCUT2D eigenvalue weighted by molar-refractivity contribution is 7.92. The van der Waals surface area contributed by atoms with E-state index < -0.39 is 10.0 Å². The van der Waals surface area contributed by atoms with E-state index in [1.165, 1.54) is 42.7 Å². The van der Waals surface area contributed by atoms with Crippen molar-refractivity contribution in [3.05, 3.63) is 53.3 Å². The Hall–Kier alpha value is -2.07. The highest BCUT2D eigenvalue weighted by atomic mass is 35.5. The molecular weight excluding hydrogens is 312 g/mol. The zero-order valence-corrected chi connectivity index (χ0v) is 12.3. The molecule has 7 heteroatoms. The molecule has 1 aromatic heterocycles. The number of aliphatic hydroxyl groups excluding tert-OH is 1. The van der Waals surface area contributed by atoms with Crippen LogP contribution in [0.5, 0.6) is 0 Å². The second-order valence-corrected chi connectivity index (χ2v) is 6.00. The van der Waals surface area contributed by atoms with Crippen molar-refractivity contribution in [3.63, 3.8) is 0 Å². The summed E-state index contributed by atoms with van der Waals surface area (Å²) >= 11 is 6.00. The van der Waals surface area contributed by atoms with Crippen LogP contribution in [0, 0.1) is 11.8 Å². The fourth-order valence-corrected chi connectivity index (χ4v) is 3.17. The van der Waals surface area contributed by atoms with E-state index in [1.54, 1.807) is 0 Å². The molecule has 21 heavy (non-hydrogen) atoms. The summed E-state index contributed by atoms with van der Waals surface area (Å²) in [6.45, 7) is -0.277. The van der Waals surface area contributed by atoms with E-state index in [-0.39, 0.29) is 16.5 Å². The number of pyridine rings is 1. The maximum absolute atomic E-state index is 12.3. The number of hydrogen-bond acceptors (Lipinski definition) is 4. The summed E-state index contributed by atoms with van der Waals surface area (Å²) in [5.41, 5.74) is 0.919. The van der Waals surface area contributed by atoms with Gasteiger partial charge < -0.3 is 5.11 Å². The lowest BCUT2D eigenvalue weighted by Gasteiger charge is -2.09. The average Bonchev–Trinajstić information content (AvgIpc) is 2.45. The number of benzene rings is 1. The molecule has 0 atom stereocenters. The lowest BCUT2D eigenvalue weighted by Crippen LogP contribution is -2.13. The van der Waals surface area contributed by atoms with Gasteiger partial charge in [-0.25, -0.2) is 8.42 Å². The molecule has 0 amide bonds. The molecule has 2 aromatic rings. The first-order valence-corrected chi connectivity index (χ1v) is 7.71. The predicted molar refractivity (Wildman–Crippen MR) is 80.5 cm³/mol. The Morgan fingerprint density at radius 3 is 2.57 bits per heavy atom. The lowest BCUT2D eigenvalue weighted by atomic mass is 10.2. The monoisotopic (exact) mass is 322 g/mol. The van der Waals surface area contributed by atoms with Gasteiger partial charge in [-0.2, -0.15) is 0 Å². The summed E-state index contributed by atoms with van der Waals surface area (Å²) in [4.78, 5) is 3.76. The summed E-state index contributed by atoms with van der Waals surface area (Å²) in [5.74, 6) is 5.12. The van der Waals surface area contributed by atoms with Gasteiger partial charge in [0.25, 0.3) is 10.0 Å². The van der Waals surface area contributed by atoms with Gasteiger partial charge >= 0.3 is 0 Å². The molecule has 0 spiro atoms. The number of nitrogens with one attached hydrogen (secondary N) is 1. The fourth-order valence-electron chi connectivity index (χ4n) is 1.57. The molecule has 0 aliphatic rings. The van der Waals surface area contributed by atoms with Crippen LogP contribution in [0.3, 0.4) is 0 Å². The van der Waals surface area contributed by atoms with Crippen molar-refractivity contribution in [2.45, 2.75) is 4.90 Å². The minimum absolute atomic E-state index is 0.0458. The standard InChI is InChI=1S/C14H11ClN2O3S/c15-13-10-11(2-1-9-18)3-4-14(13)21(19,20)17-12-5-7-16-8-6-12/h3-8,10,18H,9H2,(H,16,17). The molecule has 0 radical (unpaired) electrons. The van der Waals surface area contributed by atoms with E-state index in [9.17, 15) is 8.42 Å². The van der Waals surface area contributed by atoms with Crippen LogP contribution in [0.25, 0.3) is 0 Å². The Labute approximate surface area is 127 Å². The van der Waals surface area contributed by atoms with Crippen LogP contribution in [0.4, 0.5) is 5.69 Å². The van der Waals surface area contributed by atoms with Crippen molar-refractivity contribution < 1.29 is 13.5 Å². The number of aromatic nitrogens is 1. The van der Waals surface area contributed by atoms with Gasteiger partial charge in [-0.1, -0.05) is 23.4 Å². The molecule has 2 rings (SSSR count). The Morgan fingerprint density at radius 2 is 1.95 bits per heavy atom. The zero-order valence-electron chi connectivity index (χ0n) is 10.7. The first kappa shape index (κ1) is 15.3. The van der Waals surface area contributed by atoms with Crippen LogP contribution < -0.4 is 4.72 Å². The molecule has 0 aliphatic heterocycles. The fraction of sp³-hybridized carbons (Fsp3) is 0.0714. The number of nitrogens with zero attached hydrogens (tertiary/aromatic N) is 1. The summed E-state index contributed by atoms with van der Waals surface area (Å²) in [6.07, 6.45) is 2.96. The van der Waals surface area contributed by atoms with E-state index in [1.807, 2.05) is 0 Å². The molecule has 0 aliphatic carbocycles. The van der Waals surface area contributed by atoms with Crippen molar-refractivity contribution >= 4 is 27.3 Å². The van der Waals surface area contributed by atoms with Crippen molar-refractivity contribution in [3.8, 4) is 11.8 Å². The van der Waals surface area contributed by atoms with Gasteiger partial charge in [0.15, 0.2) is 0 Å². The zero-order chi connectivity index (χ0) is 15.3. The molecule has 5 nitrogen and oxygen atoms in total. The second-order valence-electron chi connectivity index (χ2n) is 3.95. The largest absolute Gasteiger partial charge is 0.384 e. The molecule has 0 fully saturated rings. The number of hydrogen-bond donors (Lipinski definition) is 2. The van der Waals surface area contributed by atoms with E-state index in [2.05, 4.69) is 21.5 Å². The van der Waals surface area contributed by atoms with Crippen molar-refractivity contribution in [1.29, 1.82) is 0 Å². The molecule has 1 heterocycles. The number of halogens is 1. The Morgan fingerprint density at radius 1 is 1.24 bits per heavy atom. The lowest BCUT2D eigenvalue weighted by molar-refractivity contribution is 0.350. The topological polar surface area (TPSA) is 79.3 Å². The average molecular weight is 323 g/mol. The van der Waals surface area contributed by atoms with Gasteiger partial charge in [0.2, 0.25) is 0 Å². The van der Waals surface area contributed by atoms with Gasteiger partial charge in [0.05, 0.1) is 10.7 Å². The van der Waals surface area contributed by atoms with Gasteiger partial charge in [-0.15, -0.1) is 0 Å². The normalized spacial score (nSPS) is 10.6.